The van der Waals surface area contributed by atoms with Crippen LogP contribution in [0.1, 0.15) is 86.0 Å². The molecule has 0 radical (unpaired) electrons. The molecule has 0 aromatic heterocycles. The Bertz CT molecular complexity index is 744. The van der Waals surface area contributed by atoms with E-state index in [1.165, 1.54) is 25.7 Å². The van der Waals surface area contributed by atoms with Crippen molar-refractivity contribution in [2.45, 2.75) is 86.0 Å². The summed E-state index contributed by atoms with van der Waals surface area (Å²) in [5.41, 5.74) is 1.21. The number of hydrogen-bond acceptors (Lipinski definition) is 3. The topological polar surface area (TPSA) is 43.9 Å². The van der Waals surface area contributed by atoms with Crippen molar-refractivity contribution in [2.24, 2.45) is 40.4 Å². The van der Waals surface area contributed by atoms with Crippen molar-refractivity contribution in [1.29, 1.82) is 0 Å². The Labute approximate surface area is 209 Å². The second kappa shape index (κ2) is 10.1. The number of rotatable bonds is 5. The standard InChI is InChI=1S/C16H28N2O.C13H23NO/c1-12(2)16-6-9-18(11-14(16)10-16)15(19)13-4-7-17(3)8-5-13;1-4-5-12(15)14-7-6-13(10(2)3)8-11(13)9-14/h12-14H,4-11H2,1-3H3;10-11H,4-9H2,1-3H3. The number of hydrogen-bond donors (Lipinski definition) is 0. The molecular weight excluding hydrogens is 422 g/mol. The third kappa shape index (κ3) is 5.06. The highest BCUT2D eigenvalue weighted by Crippen LogP contribution is 2.63. The zero-order chi connectivity index (χ0) is 24.7. The molecule has 0 N–H and O–H groups in total. The molecule has 5 nitrogen and oxygen atoms in total. The predicted octanol–water partition coefficient (Wildman–Crippen LogP) is 4.90. The lowest BCUT2D eigenvalue weighted by atomic mass is 9.83. The number of likely N-dealkylation sites (tertiary alicyclic amines) is 3. The summed E-state index contributed by atoms with van der Waals surface area (Å²) in [4.78, 5) is 31.0. The van der Waals surface area contributed by atoms with E-state index >= 15 is 0 Å². The minimum Gasteiger partial charge on any atom is -0.342 e. The molecule has 5 aliphatic rings. The van der Waals surface area contributed by atoms with Crippen molar-refractivity contribution in [3.8, 4) is 0 Å². The summed E-state index contributed by atoms with van der Waals surface area (Å²) in [5, 5.41) is 0. The molecule has 2 aliphatic carbocycles. The minimum absolute atomic E-state index is 0.307. The van der Waals surface area contributed by atoms with Crippen LogP contribution >= 0.6 is 0 Å². The summed E-state index contributed by atoms with van der Waals surface area (Å²) in [6, 6.07) is 0. The number of fused-ring (bicyclic) bond motifs is 2. The lowest BCUT2D eigenvalue weighted by Gasteiger charge is -2.37. The first-order valence-electron chi connectivity index (χ1n) is 14.4. The van der Waals surface area contributed by atoms with Gasteiger partial charge in [-0.2, -0.15) is 0 Å². The average molecular weight is 474 g/mol. The summed E-state index contributed by atoms with van der Waals surface area (Å²) in [7, 11) is 2.16. The van der Waals surface area contributed by atoms with Gasteiger partial charge < -0.3 is 14.7 Å². The summed E-state index contributed by atoms with van der Waals surface area (Å²) in [6.45, 7) is 17.7. The molecule has 5 fully saturated rings. The largest absolute Gasteiger partial charge is 0.342 e. The summed E-state index contributed by atoms with van der Waals surface area (Å²) < 4.78 is 0. The van der Waals surface area contributed by atoms with Gasteiger partial charge in [-0.05, 0) is 99.6 Å². The van der Waals surface area contributed by atoms with Crippen molar-refractivity contribution in [3.63, 3.8) is 0 Å². The van der Waals surface area contributed by atoms with Crippen LogP contribution in [0.5, 0.6) is 0 Å². The molecular formula is C29H51N3O2. The van der Waals surface area contributed by atoms with Gasteiger partial charge in [0.15, 0.2) is 0 Å². The van der Waals surface area contributed by atoms with Crippen molar-refractivity contribution in [1.82, 2.24) is 14.7 Å². The van der Waals surface area contributed by atoms with Crippen LogP contribution in [-0.4, -0.2) is 72.8 Å². The number of nitrogens with zero attached hydrogens (tertiary/aromatic N) is 3. The Balaban J connectivity index is 0.000000166. The van der Waals surface area contributed by atoms with Gasteiger partial charge in [0, 0.05) is 38.5 Å². The average Bonchev–Trinajstić information content (AvgIpc) is 3.71. The molecule has 2 saturated carbocycles. The van der Waals surface area contributed by atoms with Crippen LogP contribution < -0.4 is 0 Å². The van der Waals surface area contributed by atoms with Gasteiger partial charge in [0.25, 0.3) is 0 Å². The van der Waals surface area contributed by atoms with Gasteiger partial charge in [-0.3, -0.25) is 9.59 Å². The Morgan fingerprint density at radius 1 is 0.824 bits per heavy atom. The molecule has 5 heteroatoms. The molecule has 34 heavy (non-hydrogen) atoms. The fourth-order valence-corrected chi connectivity index (χ4v) is 7.61. The van der Waals surface area contributed by atoms with Gasteiger partial charge in [-0.15, -0.1) is 0 Å². The highest BCUT2D eigenvalue weighted by Gasteiger charge is 2.59. The maximum atomic E-state index is 12.6. The van der Waals surface area contributed by atoms with Crippen molar-refractivity contribution in [2.75, 3.05) is 46.3 Å². The van der Waals surface area contributed by atoms with Crippen LogP contribution in [0, 0.1) is 40.4 Å². The quantitative estimate of drug-likeness (QED) is 0.570. The molecule has 3 saturated heterocycles. The van der Waals surface area contributed by atoms with Gasteiger partial charge in [0.2, 0.25) is 11.8 Å². The van der Waals surface area contributed by atoms with Crippen molar-refractivity contribution in [3.05, 3.63) is 0 Å². The third-order valence-electron chi connectivity index (χ3n) is 10.6. The first-order valence-corrected chi connectivity index (χ1v) is 14.4. The Morgan fingerprint density at radius 2 is 1.32 bits per heavy atom. The molecule has 0 aromatic carbocycles. The molecule has 0 bridgehead atoms. The fraction of sp³-hybridized carbons (Fsp3) is 0.931. The molecule has 5 rings (SSSR count). The Morgan fingerprint density at radius 3 is 1.79 bits per heavy atom. The van der Waals surface area contributed by atoms with E-state index in [-0.39, 0.29) is 0 Å². The molecule has 4 atom stereocenters. The second-order valence-electron chi connectivity index (χ2n) is 13.0. The Hall–Kier alpha value is -1.10. The van der Waals surface area contributed by atoms with E-state index < -0.39 is 0 Å². The van der Waals surface area contributed by atoms with Gasteiger partial charge in [-0.25, -0.2) is 0 Å². The van der Waals surface area contributed by atoms with Crippen LogP contribution in [-0.2, 0) is 9.59 Å². The summed E-state index contributed by atoms with van der Waals surface area (Å²) >= 11 is 0. The van der Waals surface area contributed by atoms with Crippen LogP contribution in [0.4, 0.5) is 0 Å². The molecule has 4 unspecified atom stereocenters. The number of amides is 2. The van der Waals surface area contributed by atoms with Gasteiger partial charge in [-0.1, -0.05) is 34.6 Å². The molecule has 0 spiro atoms. The van der Waals surface area contributed by atoms with E-state index in [1.54, 1.807) is 0 Å². The van der Waals surface area contributed by atoms with Crippen LogP contribution in [0.25, 0.3) is 0 Å². The third-order valence-corrected chi connectivity index (χ3v) is 10.6. The number of piperidine rings is 3. The fourth-order valence-electron chi connectivity index (χ4n) is 7.61. The molecule has 194 valence electrons. The lowest BCUT2D eigenvalue weighted by molar-refractivity contribution is -0.138. The van der Waals surface area contributed by atoms with E-state index in [4.69, 9.17) is 0 Å². The van der Waals surface area contributed by atoms with Gasteiger partial charge in [0.05, 0.1) is 0 Å². The van der Waals surface area contributed by atoms with Crippen LogP contribution in [0.3, 0.4) is 0 Å². The summed E-state index contributed by atoms with van der Waals surface area (Å²) in [5.74, 6) is 4.34. The maximum Gasteiger partial charge on any atom is 0.225 e. The Kier molecular flexibility index (Phi) is 7.72. The summed E-state index contributed by atoms with van der Waals surface area (Å²) in [6.07, 6.45) is 9.05. The van der Waals surface area contributed by atoms with E-state index in [0.29, 0.717) is 28.6 Å². The predicted molar refractivity (Wildman–Crippen MR) is 138 cm³/mol. The maximum absolute atomic E-state index is 12.6. The molecule has 3 heterocycles. The number of carbonyl (C=O) groups is 2. The van der Waals surface area contributed by atoms with Crippen molar-refractivity contribution >= 4 is 11.8 Å². The highest BCUT2D eigenvalue weighted by atomic mass is 16.2. The minimum atomic E-state index is 0.307. The van der Waals surface area contributed by atoms with Gasteiger partial charge in [0.1, 0.15) is 0 Å². The second-order valence-corrected chi connectivity index (χ2v) is 13.0. The zero-order valence-corrected chi connectivity index (χ0v) is 22.9. The molecule has 3 aliphatic heterocycles. The highest BCUT2D eigenvalue weighted by molar-refractivity contribution is 5.79. The van der Waals surface area contributed by atoms with Gasteiger partial charge >= 0.3 is 0 Å². The van der Waals surface area contributed by atoms with E-state index in [1.807, 2.05) is 0 Å². The zero-order valence-electron chi connectivity index (χ0n) is 22.9. The van der Waals surface area contributed by atoms with E-state index in [2.05, 4.69) is 56.4 Å². The van der Waals surface area contributed by atoms with E-state index in [9.17, 15) is 9.59 Å². The molecule has 2 amide bonds. The SMILES string of the molecule is CC(C)C12CCN(C(=O)C3CCN(C)CC3)CC1C2.CCCC(=O)N1CCC2(C(C)C)CC2C1. The smallest absolute Gasteiger partial charge is 0.225 e. The first kappa shape index (κ1) is 26.0. The number of carbonyl (C=O) groups excluding carboxylic acids is 2. The normalized spacial score (nSPS) is 35.4. The first-order chi connectivity index (χ1) is 16.1. The monoisotopic (exact) mass is 473 g/mol. The van der Waals surface area contributed by atoms with Crippen LogP contribution in [0.2, 0.25) is 0 Å². The van der Waals surface area contributed by atoms with Crippen LogP contribution in [0.15, 0.2) is 0 Å². The lowest BCUT2D eigenvalue weighted by Crippen LogP contribution is -2.45. The van der Waals surface area contributed by atoms with E-state index in [0.717, 1.165) is 88.6 Å². The molecule has 0 aromatic rings. The van der Waals surface area contributed by atoms with Crippen molar-refractivity contribution < 1.29 is 9.59 Å².